The SMILES string of the molecule is CN(CC1CCCC1O)C(=O)C1CC1c1ccc(C(F)(F)F)cc1. The third-order valence-corrected chi connectivity index (χ3v) is 5.28. The quantitative estimate of drug-likeness (QED) is 0.911. The van der Waals surface area contributed by atoms with Crippen molar-refractivity contribution in [1.82, 2.24) is 4.90 Å². The molecule has 0 spiro atoms. The summed E-state index contributed by atoms with van der Waals surface area (Å²) in [5, 5.41) is 9.87. The number of aliphatic hydroxyl groups is 1. The van der Waals surface area contributed by atoms with Gasteiger partial charge in [0.25, 0.3) is 0 Å². The van der Waals surface area contributed by atoms with E-state index in [4.69, 9.17) is 0 Å². The Bertz CT molecular complexity index is 599. The number of carbonyl (C=O) groups excluding carboxylic acids is 1. The molecule has 1 aromatic carbocycles. The molecule has 132 valence electrons. The molecule has 0 radical (unpaired) electrons. The first-order valence-electron chi connectivity index (χ1n) is 8.37. The van der Waals surface area contributed by atoms with E-state index in [0.29, 0.717) is 13.0 Å². The number of halogens is 3. The van der Waals surface area contributed by atoms with E-state index < -0.39 is 11.7 Å². The molecule has 6 heteroatoms. The fourth-order valence-corrected chi connectivity index (χ4v) is 3.71. The molecule has 1 N–H and O–H groups in total. The van der Waals surface area contributed by atoms with E-state index in [1.165, 1.54) is 12.1 Å². The third kappa shape index (κ3) is 3.58. The van der Waals surface area contributed by atoms with Crippen LogP contribution in [0.15, 0.2) is 24.3 Å². The van der Waals surface area contributed by atoms with E-state index in [2.05, 4.69) is 0 Å². The fourth-order valence-electron chi connectivity index (χ4n) is 3.71. The first-order chi connectivity index (χ1) is 11.3. The van der Waals surface area contributed by atoms with Crippen LogP contribution in [-0.4, -0.2) is 35.6 Å². The summed E-state index contributed by atoms with van der Waals surface area (Å²) in [7, 11) is 1.75. The van der Waals surface area contributed by atoms with Crippen molar-refractivity contribution in [3.05, 3.63) is 35.4 Å². The molecule has 4 atom stereocenters. The lowest BCUT2D eigenvalue weighted by Gasteiger charge is -2.23. The summed E-state index contributed by atoms with van der Waals surface area (Å²) in [5.41, 5.74) is 0.123. The smallest absolute Gasteiger partial charge is 0.393 e. The van der Waals surface area contributed by atoms with E-state index in [-0.39, 0.29) is 29.8 Å². The van der Waals surface area contributed by atoms with Crippen LogP contribution in [0.4, 0.5) is 13.2 Å². The van der Waals surface area contributed by atoms with Crippen LogP contribution in [0, 0.1) is 11.8 Å². The topological polar surface area (TPSA) is 40.5 Å². The van der Waals surface area contributed by atoms with Gasteiger partial charge in [-0.2, -0.15) is 13.2 Å². The summed E-state index contributed by atoms with van der Waals surface area (Å²) < 4.78 is 37.8. The van der Waals surface area contributed by atoms with Crippen molar-refractivity contribution in [2.75, 3.05) is 13.6 Å². The molecule has 1 amide bonds. The normalized spacial score (nSPS) is 29.5. The molecule has 24 heavy (non-hydrogen) atoms. The maximum absolute atomic E-state index is 12.6. The Morgan fingerprint density at radius 1 is 1.25 bits per heavy atom. The first-order valence-corrected chi connectivity index (χ1v) is 8.37. The van der Waals surface area contributed by atoms with Gasteiger partial charge in [-0.1, -0.05) is 18.6 Å². The number of benzene rings is 1. The van der Waals surface area contributed by atoms with Crippen molar-refractivity contribution in [3.8, 4) is 0 Å². The average molecular weight is 341 g/mol. The summed E-state index contributed by atoms with van der Waals surface area (Å²) >= 11 is 0. The lowest BCUT2D eigenvalue weighted by atomic mass is 10.0. The van der Waals surface area contributed by atoms with Crippen LogP contribution in [0.3, 0.4) is 0 Å². The van der Waals surface area contributed by atoms with Crippen molar-refractivity contribution < 1.29 is 23.1 Å². The average Bonchev–Trinajstić information content (AvgIpc) is 3.23. The minimum Gasteiger partial charge on any atom is -0.393 e. The van der Waals surface area contributed by atoms with Crippen LogP contribution in [0.5, 0.6) is 0 Å². The van der Waals surface area contributed by atoms with Gasteiger partial charge >= 0.3 is 6.18 Å². The first kappa shape index (κ1) is 17.3. The van der Waals surface area contributed by atoms with Gasteiger partial charge < -0.3 is 10.0 Å². The molecular formula is C18H22F3NO2. The van der Waals surface area contributed by atoms with Crippen molar-refractivity contribution in [2.24, 2.45) is 11.8 Å². The number of carbonyl (C=O) groups is 1. The highest BCUT2D eigenvalue weighted by Gasteiger charge is 2.45. The van der Waals surface area contributed by atoms with Gasteiger partial charge in [0.15, 0.2) is 0 Å². The van der Waals surface area contributed by atoms with E-state index in [1.807, 2.05) is 0 Å². The van der Waals surface area contributed by atoms with Crippen LogP contribution in [0.2, 0.25) is 0 Å². The van der Waals surface area contributed by atoms with Gasteiger partial charge in [0.05, 0.1) is 11.7 Å². The lowest BCUT2D eigenvalue weighted by Crippen LogP contribution is -2.35. The number of hydrogen-bond donors (Lipinski definition) is 1. The zero-order valence-corrected chi connectivity index (χ0v) is 13.6. The fraction of sp³-hybridized carbons (Fsp3) is 0.611. The zero-order valence-electron chi connectivity index (χ0n) is 13.6. The van der Waals surface area contributed by atoms with Gasteiger partial charge in [-0.25, -0.2) is 0 Å². The van der Waals surface area contributed by atoms with Gasteiger partial charge in [-0.05, 0) is 42.9 Å². The van der Waals surface area contributed by atoms with E-state index in [0.717, 1.165) is 37.0 Å². The highest BCUT2D eigenvalue weighted by molar-refractivity contribution is 5.82. The Kier molecular flexibility index (Phi) is 4.60. The standard InChI is InChI=1S/C18H22F3NO2/c1-22(10-12-3-2-4-16(12)23)17(24)15-9-14(15)11-5-7-13(8-6-11)18(19,20)21/h5-8,12,14-16,23H,2-4,9-10H2,1H3. The molecule has 0 saturated heterocycles. The summed E-state index contributed by atoms with van der Waals surface area (Å²) in [5.74, 6) is 0.0298. The molecule has 3 rings (SSSR count). The summed E-state index contributed by atoms with van der Waals surface area (Å²) in [6.45, 7) is 0.552. The molecule has 4 unspecified atom stereocenters. The molecule has 1 aromatic rings. The molecule has 2 saturated carbocycles. The second-order valence-corrected chi connectivity index (χ2v) is 7.05. The monoisotopic (exact) mass is 341 g/mol. The van der Waals surface area contributed by atoms with E-state index in [9.17, 15) is 23.1 Å². The number of alkyl halides is 3. The van der Waals surface area contributed by atoms with Crippen LogP contribution in [0.1, 0.15) is 42.7 Å². The maximum atomic E-state index is 12.6. The van der Waals surface area contributed by atoms with Gasteiger partial charge in [0, 0.05) is 25.4 Å². The van der Waals surface area contributed by atoms with Crippen molar-refractivity contribution in [3.63, 3.8) is 0 Å². The number of nitrogens with zero attached hydrogens (tertiary/aromatic N) is 1. The maximum Gasteiger partial charge on any atom is 0.416 e. The zero-order chi connectivity index (χ0) is 17.5. The third-order valence-electron chi connectivity index (χ3n) is 5.28. The Labute approximate surface area is 139 Å². The minimum absolute atomic E-state index is 0.00994. The van der Waals surface area contributed by atoms with Crippen molar-refractivity contribution in [2.45, 2.75) is 43.9 Å². The molecular weight excluding hydrogens is 319 g/mol. The van der Waals surface area contributed by atoms with Crippen molar-refractivity contribution in [1.29, 1.82) is 0 Å². The van der Waals surface area contributed by atoms with Gasteiger partial charge in [-0.15, -0.1) is 0 Å². The second kappa shape index (κ2) is 6.39. The minimum atomic E-state index is -4.33. The van der Waals surface area contributed by atoms with Crippen molar-refractivity contribution >= 4 is 5.91 Å². The molecule has 0 bridgehead atoms. The second-order valence-electron chi connectivity index (χ2n) is 7.05. The summed E-state index contributed by atoms with van der Waals surface area (Å²) in [6, 6.07) is 5.10. The molecule has 3 nitrogen and oxygen atoms in total. The Hall–Kier alpha value is -1.56. The van der Waals surface area contributed by atoms with Gasteiger partial charge in [0.1, 0.15) is 0 Å². The number of rotatable bonds is 4. The van der Waals surface area contributed by atoms with Gasteiger partial charge in [-0.3, -0.25) is 4.79 Å². The van der Waals surface area contributed by atoms with Crippen LogP contribution >= 0.6 is 0 Å². The molecule has 2 fully saturated rings. The van der Waals surface area contributed by atoms with Crippen LogP contribution in [0.25, 0.3) is 0 Å². The lowest BCUT2D eigenvalue weighted by molar-refractivity contribution is -0.137. The number of hydrogen-bond acceptors (Lipinski definition) is 2. The molecule has 0 heterocycles. The summed E-state index contributed by atoms with van der Waals surface area (Å²) in [4.78, 5) is 14.1. The highest BCUT2D eigenvalue weighted by atomic mass is 19.4. The number of aliphatic hydroxyl groups excluding tert-OH is 1. The molecule has 0 aliphatic heterocycles. The van der Waals surface area contributed by atoms with Crippen LogP contribution < -0.4 is 0 Å². The van der Waals surface area contributed by atoms with E-state index in [1.54, 1.807) is 11.9 Å². The Morgan fingerprint density at radius 2 is 1.92 bits per heavy atom. The van der Waals surface area contributed by atoms with Crippen LogP contribution in [-0.2, 0) is 11.0 Å². The largest absolute Gasteiger partial charge is 0.416 e. The Morgan fingerprint density at radius 3 is 2.46 bits per heavy atom. The highest BCUT2D eigenvalue weighted by Crippen LogP contribution is 2.49. The molecule has 0 aromatic heterocycles. The van der Waals surface area contributed by atoms with Gasteiger partial charge in [0.2, 0.25) is 5.91 Å². The molecule has 2 aliphatic rings. The Balaban J connectivity index is 1.57. The predicted octanol–water partition coefficient (Wildman–Crippen LogP) is 3.43. The van der Waals surface area contributed by atoms with E-state index >= 15 is 0 Å². The number of amides is 1. The molecule has 2 aliphatic carbocycles. The predicted molar refractivity (Wildman–Crippen MR) is 83.3 cm³/mol. The summed E-state index contributed by atoms with van der Waals surface area (Å²) in [6.07, 6.45) is -1.26.